The first-order valence-corrected chi connectivity index (χ1v) is 8.10. The maximum Gasteiger partial charge on any atom is 0.352 e. The van der Waals surface area contributed by atoms with Crippen LogP contribution in [0.25, 0.3) is 17.4 Å². The Labute approximate surface area is 158 Å². The van der Waals surface area contributed by atoms with Crippen LogP contribution < -0.4 is 5.32 Å². The van der Waals surface area contributed by atoms with Crippen LogP contribution in [0.2, 0.25) is 0 Å². The summed E-state index contributed by atoms with van der Waals surface area (Å²) < 4.78 is 5.56. The first kappa shape index (κ1) is 18.6. The van der Waals surface area contributed by atoms with E-state index in [1.165, 1.54) is 30.3 Å². The van der Waals surface area contributed by atoms with Crippen molar-refractivity contribution in [3.05, 3.63) is 93.9 Å². The summed E-state index contributed by atoms with van der Waals surface area (Å²) >= 11 is 0. The molecule has 3 rings (SSSR count). The van der Waals surface area contributed by atoms with Gasteiger partial charge in [-0.3, -0.25) is 14.9 Å². The van der Waals surface area contributed by atoms with Crippen molar-refractivity contribution in [1.82, 2.24) is 5.32 Å². The smallest absolute Gasteiger partial charge is 0.352 e. The van der Waals surface area contributed by atoms with Gasteiger partial charge in [0.1, 0.15) is 17.2 Å². The number of rotatable bonds is 6. The van der Waals surface area contributed by atoms with Gasteiger partial charge in [0.2, 0.25) is 0 Å². The van der Waals surface area contributed by atoms with Gasteiger partial charge in [0.15, 0.2) is 0 Å². The third-order valence-electron chi connectivity index (χ3n) is 3.77. The molecule has 1 aromatic heterocycles. The second-order valence-corrected chi connectivity index (χ2v) is 5.69. The minimum Gasteiger partial charge on any atom is -0.477 e. The number of carboxylic acids is 1. The van der Waals surface area contributed by atoms with E-state index in [9.17, 15) is 24.8 Å². The molecule has 0 aliphatic heterocycles. The number of nitrogens with zero attached hydrogens (tertiary/aromatic N) is 1. The molecule has 0 bridgehead atoms. The number of aliphatic carboxylic acids is 1. The van der Waals surface area contributed by atoms with Gasteiger partial charge in [0.25, 0.3) is 11.6 Å². The number of benzene rings is 2. The Bertz CT molecular complexity index is 1070. The number of hydrogen-bond donors (Lipinski definition) is 2. The zero-order valence-corrected chi connectivity index (χ0v) is 14.4. The molecule has 0 aliphatic carbocycles. The number of nitro groups is 1. The van der Waals surface area contributed by atoms with Crippen LogP contribution in [0.15, 0.2) is 76.8 Å². The van der Waals surface area contributed by atoms with E-state index < -0.39 is 16.8 Å². The van der Waals surface area contributed by atoms with Crippen LogP contribution in [-0.4, -0.2) is 21.9 Å². The number of carbonyl (C=O) groups is 2. The molecular formula is C20H14N2O6. The Morgan fingerprint density at radius 2 is 1.79 bits per heavy atom. The second-order valence-electron chi connectivity index (χ2n) is 5.69. The lowest BCUT2D eigenvalue weighted by atomic mass is 10.1. The molecule has 0 aliphatic rings. The summed E-state index contributed by atoms with van der Waals surface area (Å²) in [7, 11) is 0. The van der Waals surface area contributed by atoms with Crippen LogP contribution in [0.3, 0.4) is 0 Å². The van der Waals surface area contributed by atoms with Crippen LogP contribution in [0.4, 0.5) is 5.69 Å². The van der Waals surface area contributed by atoms with Crippen molar-refractivity contribution in [2.45, 2.75) is 0 Å². The Morgan fingerprint density at radius 3 is 2.46 bits per heavy atom. The summed E-state index contributed by atoms with van der Waals surface area (Å²) in [6, 6.07) is 17.1. The van der Waals surface area contributed by atoms with E-state index in [2.05, 4.69) is 5.32 Å². The molecule has 0 spiro atoms. The molecule has 0 fully saturated rings. The van der Waals surface area contributed by atoms with E-state index in [1.54, 1.807) is 42.5 Å². The molecule has 2 N–H and O–H groups in total. The molecule has 8 nitrogen and oxygen atoms in total. The standard InChI is InChI=1S/C20H14N2O6/c23-19(13-5-2-1-3-6-13)21-17(20(24)25)12-16-9-10-18(28-16)14-7-4-8-15(11-14)22(26)27/h1-12H,(H,21,23)(H,24,25)/b17-12-. The minimum absolute atomic E-state index is 0.0904. The third-order valence-corrected chi connectivity index (χ3v) is 3.77. The van der Waals surface area contributed by atoms with Crippen molar-refractivity contribution in [1.29, 1.82) is 0 Å². The van der Waals surface area contributed by atoms with Crippen LogP contribution in [0.1, 0.15) is 16.1 Å². The molecule has 0 unspecified atom stereocenters. The molecule has 3 aromatic rings. The largest absolute Gasteiger partial charge is 0.477 e. The first-order chi connectivity index (χ1) is 13.4. The number of hydrogen-bond acceptors (Lipinski definition) is 5. The Balaban J connectivity index is 1.85. The van der Waals surface area contributed by atoms with Crippen molar-refractivity contribution in [2.24, 2.45) is 0 Å². The molecule has 0 saturated carbocycles. The summed E-state index contributed by atoms with van der Waals surface area (Å²) in [5.41, 5.74) is 0.326. The zero-order chi connectivity index (χ0) is 20.1. The number of carboxylic acid groups (broad SMARTS) is 1. The Kier molecular flexibility index (Phi) is 5.31. The number of furan rings is 1. The van der Waals surface area contributed by atoms with Gasteiger partial charge < -0.3 is 14.8 Å². The van der Waals surface area contributed by atoms with Gasteiger partial charge in [-0.2, -0.15) is 0 Å². The van der Waals surface area contributed by atoms with Gasteiger partial charge in [0, 0.05) is 29.3 Å². The maximum absolute atomic E-state index is 12.2. The lowest BCUT2D eigenvalue weighted by Gasteiger charge is -2.05. The minimum atomic E-state index is -1.34. The predicted octanol–water partition coefficient (Wildman–Crippen LogP) is 3.71. The first-order valence-electron chi connectivity index (χ1n) is 8.10. The van der Waals surface area contributed by atoms with E-state index in [0.717, 1.165) is 0 Å². The summed E-state index contributed by atoms with van der Waals surface area (Å²) in [6.07, 6.45) is 1.17. The average molecular weight is 378 g/mol. The number of carbonyl (C=O) groups excluding carboxylic acids is 1. The molecule has 1 amide bonds. The van der Waals surface area contributed by atoms with Gasteiger partial charge in [-0.15, -0.1) is 0 Å². The van der Waals surface area contributed by atoms with Gasteiger partial charge in [-0.05, 0) is 24.3 Å². The molecule has 0 atom stereocenters. The van der Waals surface area contributed by atoms with Gasteiger partial charge >= 0.3 is 5.97 Å². The van der Waals surface area contributed by atoms with Crippen molar-refractivity contribution in [2.75, 3.05) is 0 Å². The van der Waals surface area contributed by atoms with Crippen LogP contribution in [0, 0.1) is 10.1 Å². The fourth-order valence-corrected chi connectivity index (χ4v) is 2.44. The Hall–Kier alpha value is -4.20. The third kappa shape index (κ3) is 4.31. The monoisotopic (exact) mass is 378 g/mol. The molecule has 2 aromatic carbocycles. The van der Waals surface area contributed by atoms with E-state index in [0.29, 0.717) is 16.9 Å². The summed E-state index contributed by atoms with van der Waals surface area (Å²) in [4.78, 5) is 34.0. The van der Waals surface area contributed by atoms with E-state index in [1.807, 2.05) is 0 Å². The highest BCUT2D eigenvalue weighted by molar-refractivity contribution is 6.02. The van der Waals surface area contributed by atoms with Crippen molar-refractivity contribution in [3.8, 4) is 11.3 Å². The predicted molar refractivity (Wildman–Crippen MR) is 100 cm³/mol. The highest BCUT2D eigenvalue weighted by atomic mass is 16.6. The lowest BCUT2D eigenvalue weighted by Crippen LogP contribution is -2.27. The van der Waals surface area contributed by atoms with Gasteiger partial charge in [-0.25, -0.2) is 4.79 Å². The maximum atomic E-state index is 12.2. The molecule has 0 radical (unpaired) electrons. The van der Waals surface area contributed by atoms with E-state index in [-0.39, 0.29) is 17.1 Å². The summed E-state index contributed by atoms with van der Waals surface area (Å²) in [6.45, 7) is 0. The fourth-order valence-electron chi connectivity index (χ4n) is 2.44. The van der Waals surface area contributed by atoms with E-state index in [4.69, 9.17) is 4.42 Å². The van der Waals surface area contributed by atoms with Crippen LogP contribution >= 0.6 is 0 Å². The van der Waals surface area contributed by atoms with Crippen molar-refractivity contribution in [3.63, 3.8) is 0 Å². The molecule has 8 heteroatoms. The number of nitro benzene ring substituents is 1. The van der Waals surface area contributed by atoms with Crippen molar-refractivity contribution < 1.29 is 24.0 Å². The van der Waals surface area contributed by atoms with Gasteiger partial charge in [-0.1, -0.05) is 30.3 Å². The zero-order valence-electron chi connectivity index (χ0n) is 14.4. The number of nitrogens with one attached hydrogen (secondary N) is 1. The average Bonchev–Trinajstić information content (AvgIpc) is 3.16. The SMILES string of the molecule is O=C(O)/C(=C/c1ccc(-c2cccc([N+](=O)[O-])c2)o1)NC(=O)c1ccccc1. The summed E-state index contributed by atoms with van der Waals surface area (Å²) in [5, 5.41) is 22.6. The van der Waals surface area contributed by atoms with Crippen LogP contribution in [-0.2, 0) is 4.79 Å². The molecule has 1 heterocycles. The summed E-state index contributed by atoms with van der Waals surface area (Å²) in [5.74, 6) is -1.40. The molecule has 140 valence electrons. The number of amides is 1. The molecule has 28 heavy (non-hydrogen) atoms. The topological polar surface area (TPSA) is 123 Å². The molecular weight excluding hydrogens is 364 g/mol. The Morgan fingerprint density at radius 1 is 1.04 bits per heavy atom. The van der Waals surface area contributed by atoms with E-state index >= 15 is 0 Å². The highest BCUT2D eigenvalue weighted by Gasteiger charge is 2.15. The lowest BCUT2D eigenvalue weighted by molar-refractivity contribution is -0.384. The quantitative estimate of drug-likeness (QED) is 0.383. The van der Waals surface area contributed by atoms with Crippen molar-refractivity contribution >= 4 is 23.6 Å². The number of non-ortho nitro benzene ring substituents is 1. The molecule has 0 saturated heterocycles. The van der Waals surface area contributed by atoms with Crippen LogP contribution in [0.5, 0.6) is 0 Å². The fraction of sp³-hybridized carbons (Fsp3) is 0. The van der Waals surface area contributed by atoms with Gasteiger partial charge in [0.05, 0.1) is 4.92 Å². The second kappa shape index (κ2) is 8.00. The normalized spacial score (nSPS) is 11.1. The highest BCUT2D eigenvalue weighted by Crippen LogP contribution is 2.26.